The summed E-state index contributed by atoms with van der Waals surface area (Å²) >= 11 is 12.8. The van der Waals surface area contributed by atoms with Crippen LogP contribution in [0.25, 0.3) is 0 Å². The van der Waals surface area contributed by atoms with Gasteiger partial charge < -0.3 is 5.11 Å². The number of carbonyl (C=O) groups is 1. The molecule has 1 aliphatic heterocycles. The van der Waals surface area contributed by atoms with Crippen LogP contribution in [0.5, 0.6) is 0 Å². The van der Waals surface area contributed by atoms with Crippen LogP contribution < -0.4 is 0 Å². The Labute approximate surface area is 143 Å². The molecule has 0 aliphatic carbocycles. The van der Waals surface area contributed by atoms with Gasteiger partial charge in [0, 0.05) is 21.8 Å². The molecule has 5 heteroatoms. The van der Waals surface area contributed by atoms with Crippen molar-refractivity contribution in [2.45, 2.75) is 12.0 Å². The highest BCUT2D eigenvalue weighted by Crippen LogP contribution is 2.44. The van der Waals surface area contributed by atoms with Crippen LogP contribution in [0.2, 0.25) is 10.0 Å². The number of aliphatic carboxylic acids is 1. The zero-order valence-electron chi connectivity index (χ0n) is 12.0. The van der Waals surface area contributed by atoms with Crippen molar-refractivity contribution in [3.05, 3.63) is 81.4 Å². The molecule has 0 radical (unpaired) electrons. The number of hydrogen-bond donors (Lipinski definition) is 1. The number of nitrogens with zero attached hydrogens (tertiary/aromatic N) is 1. The minimum atomic E-state index is -0.861. The molecule has 1 N–H and O–H groups in total. The summed E-state index contributed by atoms with van der Waals surface area (Å²) in [6.07, 6.45) is 5.49. The second-order valence-electron chi connectivity index (χ2n) is 5.27. The van der Waals surface area contributed by atoms with E-state index in [0.29, 0.717) is 10.0 Å². The molecule has 1 atom stereocenters. The van der Waals surface area contributed by atoms with E-state index in [9.17, 15) is 4.79 Å². The minimum Gasteiger partial charge on any atom is -0.481 e. The molecular formula is C18H13Cl2NO2. The van der Waals surface area contributed by atoms with Gasteiger partial charge in [0.1, 0.15) is 5.54 Å². The van der Waals surface area contributed by atoms with Crippen LogP contribution >= 0.6 is 23.2 Å². The van der Waals surface area contributed by atoms with Crippen LogP contribution in [0.15, 0.2) is 59.6 Å². The lowest BCUT2D eigenvalue weighted by Crippen LogP contribution is -2.22. The Morgan fingerprint density at radius 2 is 1.74 bits per heavy atom. The van der Waals surface area contributed by atoms with E-state index >= 15 is 0 Å². The van der Waals surface area contributed by atoms with E-state index in [1.807, 2.05) is 24.3 Å². The van der Waals surface area contributed by atoms with E-state index in [0.717, 1.165) is 16.7 Å². The van der Waals surface area contributed by atoms with Crippen LogP contribution in [0.1, 0.15) is 16.7 Å². The van der Waals surface area contributed by atoms with Gasteiger partial charge in [-0.1, -0.05) is 53.5 Å². The molecule has 0 saturated carbocycles. The van der Waals surface area contributed by atoms with Gasteiger partial charge in [0.05, 0.1) is 6.42 Å². The number of aliphatic imine (C=N–C) groups is 1. The number of carboxylic acids is 1. The lowest BCUT2D eigenvalue weighted by Gasteiger charge is -2.27. The lowest BCUT2D eigenvalue weighted by molar-refractivity contribution is -0.136. The Kier molecular flexibility index (Phi) is 4.24. The van der Waals surface area contributed by atoms with E-state index in [1.54, 1.807) is 36.5 Å². The first kappa shape index (κ1) is 15.8. The fraction of sp³-hybridized carbons (Fsp3) is 0.111. The fourth-order valence-corrected chi connectivity index (χ4v) is 3.45. The molecule has 3 nitrogen and oxygen atoms in total. The second-order valence-corrected chi connectivity index (χ2v) is 6.08. The molecular weight excluding hydrogens is 333 g/mol. The Morgan fingerprint density at radius 1 is 1.09 bits per heavy atom. The molecule has 0 fully saturated rings. The average Bonchev–Trinajstić information content (AvgIpc) is 2.97. The number of carboxylic acid groups (broad SMARTS) is 1. The highest BCUT2D eigenvalue weighted by molar-refractivity contribution is 6.36. The molecule has 0 amide bonds. The van der Waals surface area contributed by atoms with Gasteiger partial charge >= 0.3 is 5.97 Å². The highest BCUT2D eigenvalue weighted by atomic mass is 35.5. The number of rotatable bonds is 4. The van der Waals surface area contributed by atoms with Crippen LogP contribution in [0, 0.1) is 0 Å². The smallest absolute Gasteiger partial charge is 0.307 e. The van der Waals surface area contributed by atoms with Crippen LogP contribution in [-0.4, -0.2) is 17.3 Å². The lowest BCUT2D eigenvalue weighted by atomic mass is 9.83. The van der Waals surface area contributed by atoms with Crippen LogP contribution in [0.4, 0.5) is 0 Å². The maximum atomic E-state index is 10.8. The number of hydrogen-bond acceptors (Lipinski definition) is 2. The molecule has 2 aromatic carbocycles. The summed E-state index contributed by atoms with van der Waals surface area (Å²) in [6, 6.07) is 12.7. The SMILES string of the molecule is O=C(O)Cc1ccc(C2(c3c(Cl)cccc3Cl)C=CC=N2)cc1. The van der Waals surface area contributed by atoms with Crippen molar-refractivity contribution >= 4 is 35.4 Å². The van der Waals surface area contributed by atoms with Gasteiger partial charge in [0.2, 0.25) is 0 Å². The summed E-state index contributed by atoms with van der Waals surface area (Å²) in [4.78, 5) is 15.4. The first-order valence-corrected chi connectivity index (χ1v) is 7.77. The van der Waals surface area contributed by atoms with Gasteiger partial charge in [-0.2, -0.15) is 0 Å². The molecule has 1 heterocycles. The molecule has 1 aliphatic rings. The Morgan fingerprint density at radius 3 is 2.26 bits per heavy atom. The number of allylic oxidation sites excluding steroid dienone is 1. The van der Waals surface area contributed by atoms with Gasteiger partial charge in [0.15, 0.2) is 0 Å². The number of benzene rings is 2. The predicted molar refractivity (Wildman–Crippen MR) is 92.7 cm³/mol. The molecule has 0 bridgehead atoms. The second kappa shape index (κ2) is 6.19. The van der Waals surface area contributed by atoms with Gasteiger partial charge in [0.25, 0.3) is 0 Å². The summed E-state index contributed by atoms with van der Waals surface area (Å²) in [5.41, 5.74) is 1.55. The minimum absolute atomic E-state index is 0.0146. The summed E-state index contributed by atoms with van der Waals surface area (Å²) in [7, 11) is 0. The van der Waals surface area contributed by atoms with E-state index in [1.165, 1.54) is 0 Å². The summed E-state index contributed by atoms with van der Waals surface area (Å²) < 4.78 is 0. The van der Waals surface area contributed by atoms with Gasteiger partial charge in [-0.15, -0.1) is 0 Å². The third kappa shape index (κ3) is 2.90. The summed E-state index contributed by atoms with van der Waals surface area (Å²) in [5, 5.41) is 9.96. The Balaban J connectivity index is 2.11. The van der Waals surface area contributed by atoms with E-state index < -0.39 is 11.5 Å². The summed E-state index contributed by atoms with van der Waals surface area (Å²) in [5.74, 6) is -0.861. The van der Waals surface area contributed by atoms with Gasteiger partial charge in [-0.05, 0) is 35.4 Å². The van der Waals surface area contributed by atoms with Crippen molar-refractivity contribution in [2.75, 3.05) is 0 Å². The Hall–Kier alpha value is -2.10. The van der Waals surface area contributed by atoms with Crippen LogP contribution in [-0.2, 0) is 16.8 Å². The first-order chi connectivity index (χ1) is 11.0. The molecule has 23 heavy (non-hydrogen) atoms. The standard InChI is InChI=1S/C18H13Cl2NO2/c19-14-3-1-4-15(20)17(14)18(9-2-10-21-18)13-7-5-12(6-8-13)11-16(22)23/h1-10H,11H2,(H,22,23). The Bertz CT molecular complexity index is 778. The third-order valence-corrected chi connectivity index (χ3v) is 4.42. The third-order valence-electron chi connectivity index (χ3n) is 3.79. The molecule has 0 aromatic heterocycles. The van der Waals surface area contributed by atoms with Crippen molar-refractivity contribution in [3.8, 4) is 0 Å². The summed E-state index contributed by atoms with van der Waals surface area (Å²) in [6.45, 7) is 0. The largest absolute Gasteiger partial charge is 0.481 e. The maximum absolute atomic E-state index is 10.8. The van der Waals surface area contributed by atoms with Gasteiger partial charge in [-0.25, -0.2) is 0 Å². The average molecular weight is 346 g/mol. The highest BCUT2D eigenvalue weighted by Gasteiger charge is 2.36. The molecule has 0 saturated heterocycles. The van der Waals surface area contributed by atoms with Crippen molar-refractivity contribution in [1.29, 1.82) is 0 Å². The molecule has 0 spiro atoms. The molecule has 3 rings (SSSR count). The van der Waals surface area contributed by atoms with Gasteiger partial charge in [-0.3, -0.25) is 9.79 Å². The van der Waals surface area contributed by atoms with E-state index in [2.05, 4.69) is 4.99 Å². The first-order valence-electron chi connectivity index (χ1n) is 7.02. The van der Waals surface area contributed by atoms with Crippen molar-refractivity contribution < 1.29 is 9.90 Å². The zero-order chi connectivity index (χ0) is 16.4. The monoisotopic (exact) mass is 345 g/mol. The van der Waals surface area contributed by atoms with Crippen molar-refractivity contribution in [2.24, 2.45) is 4.99 Å². The van der Waals surface area contributed by atoms with E-state index in [4.69, 9.17) is 28.3 Å². The van der Waals surface area contributed by atoms with E-state index in [-0.39, 0.29) is 6.42 Å². The molecule has 1 unspecified atom stereocenters. The normalized spacial score (nSPS) is 19.2. The fourth-order valence-electron chi connectivity index (χ4n) is 2.76. The molecule has 116 valence electrons. The molecule has 2 aromatic rings. The maximum Gasteiger partial charge on any atom is 0.307 e. The topological polar surface area (TPSA) is 49.7 Å². The van der Waals surface area contributed by atoms with Crippen molar-refractivity contribution in [1.82, 2.24) is 0 Å². The van der Waals surface area contributed by atoms with Crippen LogP contribution in [0.3, 0.4) is 0 Å². The number of halogens is 2. The van der Waals surface area contributed by atoms with Crippen molar-refractivity contribution in [3.63, 3.8) is 0 Å². The zero-order valence-corrected chi connectivity index (χ0v) is 13.6. The quantitative estimate of drug-likeness (QED) is 0.886. The predicted octanol–water partition coefficient (Wildman–Crippen LogP) is 4.50.